The molecule has 4 aromatic rings. The van der Waals surface area contributed by atoms with Crippen LogP contribution in [-0.4, -0.2) is 27.4 Å². The van der Waals surface area contributed by atoms with Crippen LogP contribution in [0, 0.1) is 0 Å². The van der Waals surface area contributed by atoms with Crippen molar-refractivity contribution in [2.24, 2.45) is 0 Å². The van der Waals surface area contributed by atoms with Gasteiger partial charge in [-0.05, 0) is 40.9 Å². The number of nitrogens with zero attached hydrogens (tertiary/aromatic N) is 2. The number of rotatable bonds is 5. The Balaban J connectivity index is 1.77. The van der Waals surface area contributed by atoms with Crippen LogP contribution < -0.4 is 4.31 Å². The van der Waals surface area contributed by atoms with Crippen molar-refractivity contribution in [2.75, 3.05) is 4.31 Å². The first kappa shape index (κ1) is 19.7. The third kappa shape index (κ3) is 3.18. The van der Waals surface area contributed by atoms with Gasteiger partial charge in [-0.3, -0.25) is 9.31 Å². The molecule has 0 saturated heterocycles. The highest BCUT2D eigenvalue weighted by Crippen LogP contribution is 2.44. The molecule has 0 bridgehead atoms. The summed E-state index contributed by atoms with van der Waals surface area (Å²) in [4.78, 5) is -0.0944. The number of hydrogen-bond donors (Lipinski definition) is 1. The third-order valence-corrected chi connectivity index (χ3v) is 7.66. The number of H-pyrrole nitrogens is 1. The molecule has 156 valence electrons. The lowest BCUT2D eigenvalue weighted by molar-refractivity contribution is 0.537. The van der Waals surface area contributed by atoms with Gasteiger partial charge >= 0.3 is 0 Å². The number of nitrogens with one attached hydrogen (secondary N) is 1. The summed E-state index contributed by atoms with van der Waals surface area (Å²) in [5.74, 6) is 0.160. The molecular weight excluding hydrogens is 434 g/mol. The maximum Gasteiger partial charge on any atom is 0.269 e. The zero-order valence-electron chi connectivity index (χ0n) is 16.1. The Labute approximate surface area is 181 Å². The average Bonchev–Trinajstić information content (AvgIpc) is 3.35. The normalized spacial score (nSPS) is 13.5. The molecule has 5 rings (SSSR count). The molecule has 0 amide bonds. The van der Waals surface area contributed by atoms with E-state index in [1.807, 2.05) is 24.3 Å². The summed E-state index contributed by atoms with van der Waals surface area (Å²) in [6.45, 7) is 0. The predicted octanol–water partition coefficient (Wildman–Crippen LogP) is 3.75. The van der Waals surface area contributed by atoms with Gasteiger partial charge in [-0.15, -0.1) is 0 Å². The van der Waals surface area contributed by atoms with Crippen molar-refractivity contribution in [3.8, 4) is 11.3 Å². The van der Waals surface area contributed by atoms with Crippen molar-refractivity contribution < 1.29 is 17.2 Å². The lowest BCUT2D eigenvalue weighted by atomic mass is 10.1. The quantitative estimate of drug-likeness (QED) is 0.411. The number of fused-ring (bicyclic) bond motifs is 3. The Kier molecular flexibility index (Phi) is 4.73. The van der Waals surface area contributed by atoms with Crippen LogP contribution in [-0.2, 0) is 27.5 Å². The van der Waals surface area contributed by atoms with E-state index >= 15 is 0 Å². The molecule has 9 heteroatoms. The second-order valence-electron chi connectivity index (χ2n) is 7.02. The summed E-state index contributed by atoms with van der Waals surface area (Å²) >= 11 is -2.65. The first-order valence-electron chi connectivity index (χ1n) is 9.42. The van der Waals surface area contributed by atoms with Crippen molar-refractivity contribution in [3.63, 3.8) is 0 Å². The summed E-state index contributed by atoms with van der Waals surface area (Å²) < 4.78 is 52.4. The number of benzene rings is 3. The molecule has 1 heterocycles. The van der Waals surface area contributed by atoms with E-state index < -0.39 is 21.1 Å². The first-order valence-corrected chi connectivity index (χ1v) is 11.9. The topological polar surface area (TPSA) is 106 Å². The molecule has 1 N–H and O–H groups in total. The Hall–Kier alpha value is -3.27. The van der Waals surface area contributed by atoms with Crippen molar-refractivity contribution in [2.45, 2.75) is 16.2 Å². The van der Waals surface area contributed by atoms with Gasteiger partial charge in [0.2, 0.25) is 0 Å². The van der Waals surface area contributed by atoms with E-state index in [4.69, 9.17) is 0 Å². The van der Waals surface area contributed by atoms with Gasteiger partial charge in [0.1, 0.15) is 0 Å². The molecule has 1 aromatic heterocycles. The fraction of sp³-hybridized carbons (Fsp3) is 0.0455. The summed E-state index contributed by atoms with van der Waals surface area (Å²) in [5.41, 5.74) is 3.45. The Bertz CT molecular complexity index is 1420. The predicted molar refractivity (Wildman–Crippen MR) is 116 cm³/mol. The average molecular weight is 451 g/mol. The van der Waals surface area contributed by atoms with E-state index in [-0.39, 0.29) is 21.3 Å². The van der Waals surface area contributed by atoms with Crippen molar-refractivity contribution >= 4 is 32.6 Å². The third-order valence-electron chi connectivity index (χ3n) is 5.24. The van der Waals surface area contributed by atoms with Crippen LogP contribution in [0.5, 0.6) is 0 Å². The summed E-state index contributed by atoms with van der Waals surface area (Å²) in [6, 6.07) is 21.6. The van der Waals surface area contributed by atoms with E-state index in [1.165, 1.54) is 24.3 Å². The van der Waals surface area contributed by atoms with Gasteiger partial charge in [0.05, 0.1) is 16.3 Å². The standard InChI is InChI=1S/C22H17N3O4S2/c26-30(27)20-13-7-6-12-19(20)25(31(28,29)16-9-2-1-3-10-16)22-18-14-15-8-4-5-11-17(15)21(18)23-24-22/h1-13H,14H2,(H,23,24)(H,26,27)/p-1. The Morgan fingerprint density at radius 2 is 1.61 bits per heavy atom. The minimum atomic E-state index is -4.16. The van der Waals surface area contributed by atoms with Gasteiger partial charge in [-0.2, -0.15) is 5.10 Å². The number of para-hydroxylation sites is 1. The number of anilines is 2. The SMILES string of the molecule is O=S([O-])c1ccccc1N(c1n[nH]c2c1Cc1ccccc1-2)S(=O)(=O)c1ccccc1. The number of aromatic nitrogens is 2. The van der Waals surface area contributed by atoms with Gasteiger partial charge in [-0.1, -0.05) is 54.6 Å². The van der Waals surface area contributed by atoms with Crippen LogP contribution in [0.2, 0.25) is 0 Å². The van der Waals surface area contributed by atoms with Gasteiger partial charge in [0.25, 0.3) is 10.0 Å². The van der Waals surface area contributed by atoms with Gasteiger partial charge < -0.3 is 4.55 Å². The monoisotopic (exact) mass is 450 g/mol. The lowest BCUT2D eigenvalue weighted by Gasteiger charge is -2.26. The molecule has 0 saturated carbocycles. The molecule has 0 fully saturated rings. The fourth-order valence-corrected chi connectivity index (χ4v) is 5.93. The highest BCUT2D eigenvalue weighted by Gasteiger charge is 2.35. The Morgan fingerprint density at radius 1 is 0.935 bits per heavy atom. The summed E-state index contributed by atoms with van der Waals surface area (Å²) in [7, 11) is -4.16. The number of sulfonamides is 1. The van der Waals surface area contributed by atoms with E-state index in [0.717, 1.165) is 21.1 Å². The number of hydrogen-bond acceptors (Lipinski definition) is 5. The van der Waals surface area contributed by atoms with E-state index in [9.17, 15) is 17.2 Å². The van der Waals surface area contributed by atoms with Gasteiger partial charge in [0, 0.05) is 22.4 Å². The van der Waals surface area contributed by atoms with Crippen molar-refractivity contribution in [1.82, 2.24) is 10.2 Å². The molecule has 1 aliphatic rings. The Morgan fingerprint density at radius 3 is 2.39 bits per heavy atom. The molecule has 1 unspecified atom stereocenters. The van der Waals surface area contributed by atoms with Gasteiger partial charge in [0.15, 0.2) is 5.82 Å². The maximum atomic E-state index is 13.7. The molecule has 7 nitrogen and oxygen atoms in total. The summed E-state index contributed by atoms with van der Waals surface area (Å²) in [5, 5.41) is 7.28. The maximum absolute atomic E-state index is 13.7. The van der Waals surface area contributed by atoms with Crippen LogP contribution in [0.15, 0.2) is 88.7 Å². The molecular formula is C22H16N3O4S2-. The second-order valence-corrected chi connectivity index (χ2v) is 9.72. The second kappa shape index (κ2) is 7.45. The lowest BCUT2D eigenvalue weighted by Crippen LogP contribution is -2.28. The van der Waals surface area contributed by atoms with Crippen LogP contribution in [0.3, 0.4) is 0 Å². The van der Waals surface area contributed by atoms with Crippen LogP contribution >= 0.6 is 0 Å². The molecule has 0 spiro atoms. The van der Waals surface area contributed by atoms with E-state index in [0.29, 0.717) is 12.0 Å². The zero-order valence-corrected chi connectivity index (χ0v) is 17.7. The van der Waals surface area contributed by atoms with Crippen molar-refractivity contribution in [1.29, 1.82) is 0 Å². The molecule has 1 aliphatic carbocycles. The molecule has 1 atom stereocenters. The largest absolute Gasteiger partial charge is 0.768 e. The minimum Gasteiger partial charge on any atom is -0.768 e. The smallest absolute Gasteiger partial charge is 0.269 e. The zero-order chi connectivity index (χ0) is 21.6. The van der Waals surface area contributed by atoms with Crippen molar-refractivity contribution in [3.05, 3.63) is 90.0 Å². The molecule has 3 aromatic carbocycles. The first-order chi connectivity index (χ1) is 15.0. The molecule has 0 aliphatic heterocycles. The summed E-state index contributed by atoms with van der Waals surface area (Å²) in [6.07, 6.45) is 0.487. The van der Waals surface area contributed by atoms with Crippen LogP contribution in [0.1, 0.15) is 11.1 Å². The number of aromatic amines is 1. The van der Waals surface area contributed by atoms with Gasteiger partial charge in [-0.25, -0.2) is 12.7 Å². The van der Waals surface area contributed by atoms with E-state index in [1.54, 1.807) is 30.3 Å². The van der Waals surface area contributed by atoms with E-state index in [2.05, 4.69) is 10.2 Å². The van der Waals surface area contributed by atoms with Crippen LogP contribution in [0.25, 0.3) is 11.3 Å². The van der Waals surface area contributed by atoms with Crippen LogP contribution in [0.4, 0.5) is 11.5 Å². The minimum absolute atomic E-state index is 0.0185. The highest BCUT2D eigenvalue weighted by atomic mass is 32.2. The fourth-order valence-electron chi connectivity index (χ4n) is 3.84. The molecule has 31 heavy (non-hydrogen) atoms. The molecule has 0 radical (unpaired) electrons. The highest BCUT2D eigenvalue weighted by molar-refractivity contribution is 7.93.